The van der Waals surface area contributed by atoms with Gasteiger partial charge in [0.05, 0.1) is 12.8 Å². The number of sulfone groups is 1. The molecule has 0 radical (unpaired) electrons. The monoisotopic (exact) mass is 287 g/mol. The molecule has 0 N–H and O–H groups in total. The molecule has 6 heteroatoms. The van der Waals surface area contributed by atoms with Crippen LogP contribution in [-0.2, 0) is 21.2 Å². The van der Waals surface area contributed by atoms with E-state index in [4.69, 9.17) is 4.42 Å². The second-order valence-corrected chi connectivity index (χ2v) is 7.30. The van der Waals surface area contributed by atoms with Gasteiger partial charge in [-0.2, -0.15) is 0 Å². The van der Waals surface area contributed by atoms with E-state index in [0.29, 0.717) is 12.3 Å². The van der Waals surface area contributed by atoms with Gasteiger partial charge in [-0.15, -0.1) is 0 Å². The lowest BCUT2D eigenvalue weighted by atomic mass is 10.0. The second kappa shape index (κ2) is 6.23. The SMILES string of the molecule is CC(C)[C@@H](C)N(Cc1ccco1)C(=O)CS(C)(=O)=O. The molecule has 0 saturated heterocycles. The van der Waals surface area contributed by atoms with Gasteiger partial charge in [0.15, 0.2) is 9.84 Å². The third-order valence-electron chi connectivity index (χ3n) is 3.07. The Morgan fingerprint density at radius 1 is 1.37 bits per heavy atom. The van der Waals surface area contributed by atoms with Crippen molar-refractivity contribution >= 4 is 15.7 Å². The average molecular weight is 287 g/mol. The zero-order valence-corrected chi connectivity index (χ0v) is 12.6. The number of carbonyl (C=O) groups is 1. The first-order chi connectivity index (χ1) is 8.70. The van der Waals surface area contributed by atoms with E-state index < -0.39 is 15.6 Å². The third-order valence-corrected chi connectivity index (χ3v) is 3.84. The van der Waals surface area contributed by atoms with Crippen LogP contribution in [0, 0.1) is 5.92 Å². The summed E-state index contributed by atoms with van der Waals surface area (Å²) in [5.41, 5.74) is 0. The standard InChI is InChI=1S/C13H21NO4S/c1-10(2)11(3)14(8-12-6-5-7-18-12)13(15)9-19(4,16)17/h5-7,10-11H,8-9H2,1-4H3/t11-/m1/s1. The van der Waals surface area contributed by atoms with Gasteiger partial charge < -0.3 is 9.32 Å². The highest BCUT2D eigenvalue weighted by atomic mass is 32.2. The van der Waals surface area contributed by atoms with Crippen LogP contribution in [0.3, 0.4) is 0 Å². The van der Waals surface area contributed by atoms with Crippen molar-refractivity contribution in [2.75, 3.05) is 12.0 Å². The summed E-state index contributed by atoms with van der Waals surface area (Å²) in [6, 6.07) is 3.46. The molecule has 5 nitrogen and oxygen atoms in total. The Bertz CT molecular complexity index is 505. The van der Waals surface area contributed by atoms with Crippen LogP contribution in [0.15, 0.2) is 22.8 Å². The highest BCUT2D eigenvalue weighted by Gasteiger charge is 2.26. The van der Waals surface area contributed by atoms with Crippen LogP contribution in [0.2, 0.25) is 0 Å². The van der Waals surface area contributed by atoms with E-state index in [-0.39, 0.29) is 17.9 Å². The van der Waals surface area contributed by atoms with E-state index in [1.165, 1.54) is 6.26 Å². The van der Waals surface area contributed by atoms with E-state index in [0.717, 1.165) is 6.26 Å². The molecule has 0 spiro atoms. The minimum absolute atomic E-state index is 0.0562. The fourth-order valence-electron chi connectivity index (χ4n) is 1.70. The first kappa shape index (κ1) is 15.8. The minimum atomic E-state index is -3.33. The van der Waals surface area contributed by atoms with Crippen LogP contribution in [0.1, 0.15) is 26.5 Å². The zero-order chi connectivity index (χ0) is 14.6. The number of hydrogen-bond donors (Lipinski definition) is 0. The van der Waals surface area contributed by atoms with Crippen molar-refractivity contribution < 1.29 is 17.6 Å². The maximum atomic E-state index is 12.1. The van der Waals surface area contributed by atoms with Gasteiger partial charge in [-0.1, -0.05) is 13.8 Å². The lowest BCUT2D eigenvalue weighted by Crippen LogP contribution is -2.43. The smallest absolute Gasteiger partial charge is 0.238 e. The Morgan fingerprint density at radius 3 is 2.42 bits per heavy atom. The van der Waals surface area contributed by atoms with Crippen molar-refractivity contribution in [3.63, 3.8) is 0 Å². The molecule has 0 saturated carbocycles. The number of rotatable bonds is 6. The Balaban J connectivity index is 2.89. The van der Waals surface area contributed by atoms with E-state index in [1.54, 1.807) is 17.0 Å². The Labute approximate surface area is 114 Å². The highest BCUT2D eigenvalue weighted by Crippen LogP contribution is 2.15. The minimum Gasteiger partial charge on any atom is -0.467 e. The summed E-state index contributed by atoms with van der Waals surface area (Å²) < 4.78 is 27.8. The molecule has 0 aliphatic carbocycles. The topological polar surface area (TPSA) is 67.6 Å². The molecule has 1 aromatic rings. The quantitative estimate of drug-likeness (QED) is 0.798. The molecular formula is C13H21NO4S. The molecule has 19 heavy (non-hydrogen) atoms. The summed E-state index contributed by atoms with van der Waals surface area (Å²) in [6.45, 7) is 6.19. The molecular weight excluding hydrogens is 266 g/mol. The first-order valence-corrected chi connectivity index (χ1v) is 8.26. The van der Waals surface area contributed by atoms with Gasteiger partial charge >= 0.3 is 0 Å². The van der Waals surface area contributed by atoms with E-state index in [2.05, 4.69) is 0 Å². The van der Waals surface area contributed by atoms with E-state index in [9.17, 15) is 13.2 Å². The van der Waals surface area contributed by atoms with Crippen LogP contribution in [0.4, 0.5) is 0 Å². The number of amides is 1. The largest absolute Gasteiger partial charge is 0.467 e. The Morgan fingerprint density at radius 2 is 2.00 bits per heavy atom. The molecule has 0 aromatic carbocycles. The summed E-state index contributed by atoms with van der Waals surface area (Å²) in [6.07, 6.45) is 2.60. The summed E-state index contributed by atoms with van der Waals surface area (Å²) >= 11 is 0. The second-order valence-electron chi connectivity index (χ2n) is 5.16. The summed E-state index contributed by atoms with van der Waals surface area (Å²) in [4.78, 5) is 13.7. The molecule has 1 heterocycles. The van der Waals surface area contributed by atoms with Crippen LogP contribution in [0.25, 0.3) is 0 Å². The molecule has 0 bridgehead atoms. The molecule has 108 valence electrons. The number of carbonyl (C=O) groups excluding carboxylic acids is 1. The first-order valence-electron chi connectivity index (χ1n) is 6.20. The van der Waals surface area contributed by atoms with Gasteiger partial charge in [-0.05, 0) is 25.0 Å². The average Bonchev–Trinajstić information content (AvgIpc) is 2.74. The molecule has 1 amide bonds. The molecule has 0 aliphatic heterocycles. The maximum absolute atomic E-state index is 12.1. The van der Waals surface area contributed by atoms with Crippen LogP contribution < -0.4 is 0 Å². The summed E-state index contributed by atoms with van der Waals surface area (Å²) in [7, 11) is -3.33. The van der Waals surface area contributed by atoms with Gasteiger partial charge in [-0.25, -0.2) is 8.42 Å². The van der Waals surface area contributed by atoms with Crippen molar-refractivity contribution in [1.29, 1.82) is 0 Å². The zero-order valence-electron chi connectivity index (χ0n) is 11.8. The van der Waals surface area contributed by atoms with E-state index in [1.807, 2.05) is 20.8 Å². The predicted molar refractivity (Wildman–Crippen MR) is 73.3 cm³/mol. The molecule has 0 fully saturated rings. The number of furan rings is 1. The van der Waals surface area contributed by atoms with E-state index >= 15 is 0 Å². The molecule has 0 aliphatic rings. The van der Waals surface area contributed by atoms with Gasteiger partial charge in [0.1, 0.15) is 11.5 Å². The lowest BCUT2D eigenvalue weighted by molar-refractivity contribution is -0.132. The lowest BCUT2D eigenvalue weighted by Gasteiger charge is -2.31. The maximum Gasteiger partial charge on any atom is 0.238 e. The van der Waals surface area contributed by atoms with Crippen molar-refractivity contribution in [2.24, 2.45) is 5.92 Å². The van der Waals surface area contributed by atoms with Gasteiger partial charge in [0, 0.05) is 12.3 Å². The van der Waals surface area contributed by atoms with Gasteiger partial charge in [0.25, 0.3) is 0 Å². The Kier molecular flexibility index (Phi) is 5.17. The molecule has 1 aromatic heterocycles. The van der Waals surface area contributed by atoms with Crippen molar-refractivity contribution in [2.45, 2.75) is 33.4 Å². The van der Waals surface area contributed by atoms with Gasteiger partial charge in [0.2, 0.25) is 5.91 Å². The normalized spacial score (nSPS) is 13.5. The third kappa shape index (κ3) is 5.06. The van der Waals surface area contributed by atoms with Crippen molar-refractivity contribution in [3.05, 3.63) is 24.2 Å². The summed E-state index contributed by atoms with van der Waals surface area (Å²) in [5.74, 6) is 0.0260. The van der Waals surface area contributed by atoms with Crippen LogP contribution in [-0.4, -0.2) is 37.3 Å². The predicted octanol–water partition coefficient (Wildman–Crippen LogP) is 1.70. The molecule has 1 atom stereocenters. The highest BCUT2D eigenvalue weighted by molar-refractivity contribution is 7.91. The number of nitrogens with zero attached hydrogens (tertiary/aromatic N) is 1. The number of hydrogen-bond acceptors (Lipinski definition) is 4. The fraction of sp³-hybridized carbons (Fsp3) is 0.615. The van der Waals surface area contributed by atoms with Crippen molar-refractivity contribution in [1.82, 2.24) is 4.90 Å². The molecule has 1 rings (SSSR count). The summed E-state index contributed by atoms with van der Waals surface area (Å²) in [5, 5.41) is 0. The van der Waals surface area contributed by atoms with Crippen LogP contribution in [0.5, 0.6) is 0 Å². The fourth-order valence-corrected chi connectivity index (χ4v) is 2.31. The molecule has 0 unspecified atom stereocenters. The van der Waals surface area contributed by atoms with Crippen LogP contribution >= 0.6 is 0 Å². The van der Waals surface area contributed by atoms with Crippen molar-refractivity contribution in [3.8, 4) is 0 Å². The van der Waals surface area contributed by atoms with Gasteiger partial charge in [-0.3, -0.25) is 4.79 Å². The Hall–Kier alpha value is -1.30.